The van der Waals surface area contributed by atoms with Crippen LogP contribution in [-0.2, 0) is 26.5 Å². The first-order chi connectivity index (χ1) is 11.9. The minimum Gasteiger partial charge on any atom is -0.373 e. The molecule has 0 atom stereocenters. The zero-order valence-corrected chi connectivity index (χ0v) is 15.3. The molecule has 0 N–H and O–H groups in total. The maximum atomic E-state index is 6.23. The van der Waals surface area contributed by atoms with E-state index in [9.17, 15) is 0 Å². The topological polar surface area (TPSA) is 27.7 Å². The lowest BCUT2D eigenvalue weighted by Gasteiger charge is -2.26. The minimum atomic E-state index is -2.15. The van der Waals surface area contributed by atoms with Crippen LogP contribution in [0.3, 0.4) is 0 Å². The van der Waals surface area contributed by atoms with Gasteiger partial charge in [0.2, 0.25) is 0 Å². The fourth-order valence-electron chi connectivity index (χ4n) is 2.96. The molecule has 1 aliphatic rings. The van der Waals surface area contributed by atoms with Crippen LogP contribution in [0.1, 0.15) is 43.2 Å². The van der Waals surface area contributed by atoms with Gasteiger partial charge in [0.25, 0.3) is 0 Å². The normalized spacial score (nSPS) is 15.7. The van der Waals surface area contributed by atoms with Crippen LogP contribution in [0.25, 0.3) is 0 Å². The van der Waals surface area contributed by atoms with E-state index < -0.39 is 9.53 Å². The van der Waals surface area contributed by atoms with Gasteiger partial charge >= 0.3 is 9.53 Å². The lowest BCUT2D eigenvalue weighted by Crippen LogP contribution is -2.33. The maximum Gasteiger partial charge on any atom is 0.485 e. The molecule has 1 fully saturated rings. The zero-order valence-electron chi connectivity index (χ0n) is 14.1. The summed E-state index contributed by atoms with van der Waals surface area (Å²) in [6.45, 7) is 1.11. The van der Waals surface area contributed by atoms with Crippen LogP contribution in [0.2, 0.25) is 0 Å². The standard InChI is InChI=1S/C20H26O3Si/c1-4-10-18(11-5-1)16-21-24(23-20-14-8-3-9-15-20)22-17-19-12-6-2-7-13-19/h1-2,4-7,10-13,20,24H,3,8-9,14-17H2. The highest BCUT2D eigenvalue weighted by Gasteiger charge is 2.23. The van der Waals surface area contributed by atoms with Crippen molar-refractivity contribution in [2.75, 3.05) is 0 Å². The molecule has 1 aliphatic carbocycles. The largest absolute Gasteiger partial charge is 0.485 e. The van der Waals surface area contributed by atoms with E-state index >= 15 is 0 Å². The smallest absolute Gasteiger partial charge is 0.373 e. The van der Waals surface area contributed by atoms with Crippen LogP contribution in [0.4, 0.5) is 0 Å². The van der Waals surface area contributed by atoms with Crippen molar-refractivity contribution >= 4 is 9.53 Å². The Bertz CT molecular complexity index is 526. The highest BCUT2D eigenvalue weighted by Crippen LogP contribution is 2.22. The summed E-state index contributed by atoms with van der Waals surface area (Å²) in [5.41, 5.74) is 2.32. The first-order valence-corrected chi connectivity index (χ1v) is 10.3. The molecule has 2 aromatic rings. The Morgan fingerprint density at radius 3 is 1.71 bits per heavy atom. The fraction of sp³-hybridized carbons (Fsp3) is 0.400. The number of rotatable bonds is 8. The summed E-state index contributed by atoms with van der Waals surface area (Å²) < 4.78 is 18.3. The van der Waals surface area contributed by atoms with E-state index in [0.717, 1.165) is 24.0 Å². The van der Waals surface area contributed by atoms with Gasteiger partial charge in [-0.3, -0.25) is 0 Å². The molecule has 0 unspecified atom stereocenters. The van der Waals surface area contributed by atoms with E-state index in [0.29, 0.717) is 19.3 Å². The zero-order chi connectivity index (χ0) is 16.5. The van der Waals surface area contributed by atoms with E-state index in [1.54, 1.807) is 0 Å². The van der Waals surface area contributed by atoms with E-state index in [4.69, 9.17) is 13.3 Å². The average Bonchev–Trinajstić information content (AvgIpc) is 2.66. The molecule has 2 aromatic carbocycles. The Balaban J connectivity index is 1.54. The van der Waals surface area contributed by atoms with E-state index in [2.05, 4.69) is 24.3 Å². The Morgan fingerprint density at radius 2 is 1.21 bits per heavy atom. The minimum absolute atomic E-state index is 0.307. The third-order valence-corrected chi connectivity index (χ3v) is 5.80. The van der Waals surface area contributed by atoms with Crippen molar-refractivity contribution in [2.24, 2.45) is 0 Å². The molecule has 0 aromatic heterocycles. The lowest BCUT2D eigenvalue weighted by molar-refractivity contribution is 0.0341. The van der Waals surface area contributed by atoms with Crippen molar-refractivity contribution in [3.05, 3.63) is 71.8 Å². The molecular formula is C20H26O3Si. The molecule has 0 aliphatic heterocycles. The number of hydrogen-bond acceptors (Lipinski definition) is 3. The Kier molecular flexibility index (Phi) is 7.05. The van der Waals surface area contributed by atoms with Gasteiger partial charge in [-0.15, -0.1) is 0 Å². The molecule has 24 heavy (non-hydrogen) atoms. The molecule has 3 rings (SSSR count). The van der Waals surface area contributed by atoms with Crippen molar-refractivity contribution in [3.8, 4) is 0 Å². The molecule has 0 saturated heterocycles. The summed E-state index contributed by atoms with van der Waals surface area (Å²) in [6.07, 6.45) is 6.40. The Morgan fingerprint density at radius 1 is 0.708 bits per heavy atom. The highest BCUT2D eigenvalue weighted by molar-refractivity contribution is 6.36. The van der Waals surface area contributed by atoms with Crippen molar-refractivity contribution in [1.29, 1.82) is 0 Å². The van der Waals surface area contributed by atoms with Gasteiger partial charge in [-0.1, -0.05) is 79.9 Å². The summed E-state index contributed by atoms with van der Waals surface area (Å²) >= 11 is 0. The third kappa shape index (κ3) is 5.87. The molecule has 0 heterocycles. The summed E-state index contributed by atoms with van der Waals surface area (Å²) in [5.74, 6) is 0. The SMILES string of the molecule is c1ccc(CO[SiH](OCc2ccccc2)OC2CCCCC2)cc1. The van der Waals surface area contributed by atoms with Crippen molar-refractivity contribution in [1.82, 2.24) is 0 Å². The van der Waals surface area contributed by atoms with Crippen LogP contribution < -0.4 is 0 Å². The predicted molar refractivity (Wildman–Crippen MR) is 97.6 cm³/mol. The van der Waals surface area contributed by atoms with E-state index in [1.807, 2.05) is 36.4 Å². The van der Waals surface area contributed by atoms with Gasteiger partial charge in [-0.25, -0.2) is 0 Å². The fourth-order valence-corrected chi connectivity index (χ4v) is 4.46. The Hall–Kier alpha value is -1.46. The van der Waals surface area contributed by atoms with Gasteiger partial charge in [0.15, 0.2) is 0 Å². The predicted octanol–water partition coefficient (Wildman–Crippen LogP) is 4.49. The number of benzene rings is 2. The monoisotopic (exact) mass is 342 g/mol. The quantitative estimate of drug-likeness (QED) is 0.662. The van der Waals surface area contributed by atoms with Crippen LogP contribution in [0.15, 0.2) is 60.7 Å². The van der Waals surface area contributed by atoms with Gasteiger partial charge in [0.1, 0.15) is 0 Å². The molecule has 0 radical (unpaired) electrons. The molecule has 4 heteroatoms. The summed E-state index contributed by atoms with van der Waals surface area (Å²) in [5, 5.41) is 0. The molecule has 0 spiro atoms. The van der Waals surface area contributed by atoms with Crippen LogP contribution in [0.5, 0.6) is 0 Å². The molecule has 128 valence electrons. The number of hydrogen-bond donors (Lipinski definition) is 0. The molecule has 1 saturated carbocycles. The van der Waals surface area contributed by atoms with Crippen molar-refractivity contribution < 1.29 is 13.3 Å². The lowest BCUT2D eigenvalue weighted by atomic mass is 9.98. The first kappa shape index (κ1) is 17.4. The molecule has 3 nitrogen and oxygen atoms in total. The van der Waals surface area contributed by atoms with Gasteiger partial charge < -0.3 is 13.3 Å². The average molecular weight is 343 g/mol. The highest BCUT2D eigenvalue weighted by atomic mass is 28.3. The Labute approximate surface area is 146 Å². The second kappa shape index (κ2) is 9.74. The second-order valence-electron chi connectivity index (χ2n) is 6.28. The van der Waals surface area contributed by atoms with Crippen LogP contribution >= 0.6 is 0 Å². The van der Waals surface area contributed by atoms with E-state index in [-0.39, 0.29) is 0 Å². The van der Waals surface area contributed by atoms with Crippen LogP contribution in [0, 0.1) is 0 Å². The summed E-state index contributed by atoms with van der Waals surface area (Å²) in [7, 11) is -2.15. The molecular weight excluding hydrogens is 316 g/mol. The van der Waals surface area contributed by atoms with Gasteiger partial charge in [-0.2, -0.15) is 0 Å². The molecule has 0 amide bonds. The van der Waals surface area contributed by atoms with Gasteiger partial charge in [-0.05, 0) is 24.0 Å². The first-order valence-electron chi connectivity index (χ1n) is 8.87. The van der Waals surface area contributed by atoms with Crippen molar-refractivity contribution in [2.45, 2.75) is 51.4 Å². The van der Waals surface area contributed by atoms with Crippen LogP contribution in [-0.4, -0.2) is 15.6 Å². The van der Waals surface area contributed by atoms with Gasteiger partial charge in [0, 0.05) is 6.10 Å². The molecule has 0 bridgehead atoms. The summed E-state index contributed by atoms with van der Waals surface area (Å²) in [6, 6.07) is 20.4. The summed E-state index contributed by atoms with van der Waals surface area (Å²) in [4.78, 5) is 0. The van der Waals surface area contributed by atoms with Crippen molar-refractivity contribution in [3.63, 3.8) is 0 Å². The third-order valence-electron chi connectivity index (χ3n) is 4.31. The second-order valence-corrected chi connectivity index (χ2v) is 7.79. The maximum absolute atomic E-state index is 6.23. The van der Waals surface area contributed by atoms with Gasteiger partial charge in [0.05, 0.1) is 13.2 Å². The van der Waals surface area contributed by atoms with E-state index in [1.165, 1.54) is 19.3 Å².